The standard InChI is InChI=1S/C15H19N5O5S2/c1-6(2)3-19-12(23)10(21)17-18-15(19)27-5-7-4-26-13-8(16)11(22)20(13)9(7)14(24)25/h6,8,13H,3-5,16H2,1-2H3,(H,17,21)(H,24,25)/t8?,13-/m1/s1. The topological polar surface area (TPSA) is 152 Å². The summed E-state index contributed by atoms with van der Waals surface area (Å²) < 4.78 is 1.32. The van der Waals surface area contributed by atoms with Crippen LogP contribution < -0.4 is 11.3 Å². The number of carboxylic acid groups (broad SMARTS) is 1. The number of carbonyl (C=O) groups is 2. The van der Waals surface area contributed by atoms with Crippen molar-refractivity contribution in [3.8, 4) is 5.88 Å². The second-order valence-corrected chi connectivity index (χ2v) is 8.64. The molecule has 0 aromatic carbocycles. The first-order chi connectivity index (χ1) is 12.7. The smallest absolute Gasteiger partial charge is 0.352 e. The number of aliphatic carboxylic acids is 1. The van der Waals surface area contributed by atoms with E-state index in [1.165, 1.54) is 21.2 Å². The Labute approximate surface area is 162 Å². The zero-order chi connectivity index (χ0) is 19.9. The van der Waals surface area contributed by atoms with Crippen LogP contribution in [-0.4, -0.2) is 64.7 Å². The van der Waals surface area contributed by atoms with E-state index < -0.39 is 29.4 Å². The van der Waals surface area contributed by atoms with Crippen molar-refractivity contribution in [2.45, 2.75) is 37.0 Å². The highest BCUT2D eigenvalue weighted by Gasteiger charge is 2.51. The Balaban J connectivity index is 1.88. The highest BCUT2D eigenvalue weighted by molar-refractivity contribution is 8.01. The fraction of sp³-hybridized carbons (Fsp3) is 0.533. The highest BCUT2D eigenvalue weighted by Crippen LogP contribution is 2.40. The van der Waals surface area contributed by atoms with E-state index >= 15 is 0 Å². The molecule has 1 saturated heterocycles. The van der Waals surface area contributed by atoms with Gasteiger partial charge in [-0.25, -0.2) is 4.79 Å². The lowest BCUT2D eigenvalue weighted by Crippen LogP contribution is -2.68. The molecule has 3 heterocycles. The minimum atomic E-state index is -1.19. The fourth-order valence-electron chi connectivity index (χ4n) is 2.87. The van der Waals surface area contributed by atoms with Crippen molar-refractivity contribution in [2.75, 3.05) is 11.5 Å². The van der Waals surface area contributed by atoms with Crippen molar-refractivity contribution in [1.29, 1.82) is 0 Å². The van der Waals surface area contributed by atoms with E-state index in [0.29, 0.717) is 17.9 Å². The minimum absolute atomic E-state index is 0.0533. The van der Waals surface area contributed by atoms with E-state index in [0.717, 1.165) is 11.8 Å². The van der Waals surface area contributed by atoms with Crippen molar-refractivity contribution in [2.24, 2.45) is 11.7 Å². The average molecular weight is 413 g/mol. The maximum absolute atomic E-state index is 12.2. The number of fused-ring (bicyclic) bond motifs is 1. The van der Waals surface area contributed by atoms with Gasteiger partial charge in [-0.3, -0.25) is 19.1 Å². The molecule has 10 nitrogen and oxygen atoms in total. The molecule has 146 valence electrons. The van der Waals surface area contributed by atoms with Gasteiger partial charge in [0.25, 0.3) is 5.88 Å². The van der Waals surface area contributed by atoms with Crippen molar-refractivity contribution in [3.63, 3.8) is 0 Å². The van der Waals surface area contributed by atoms with E-state index in [1.54, 1.807) is 0 Å². The predicted molar refractivity (Wildman–Crippen MR) is 99.2 cm³/mol. The number of nitrogens with two attached hydrogens (primary N) is 1. The van der Waals surface area contributed by atoms with Crippen LogP contribution >= 0.6 is 23.5 Å². The molecular weight excluding hydrogens is 394 g/mol. The Kier molecular flexibility index (Phi) is 5.49. The Bertz CT molecular complexity index is 884. The molecule has 27 heavy (non-hydrogen) atoms. The molecule has 1 aromatic heterocycles. The molecule has 1 fully saturated rings. The number of thioether (sulfide) groups is 2. The molecule has 2 atom stereocenters. The Hall–Kier alpha value is -2.05. The van der Waals surface area contributed by atoms with Crippen LogP contribution in [0.5, 0.6) is 5.88 Å². The van der Waals surface area contributed by atoms with E-state index in [2.05, 4.69) is 10.2 Å². The number of β-lactam (4-membered cyclic amide) rings is 1. The van der Waals surface area contributed by atoms with Gasteiger partial charge < -0.3 is 15.9 Å². The summed E-state index contributed by atoms with van der Waals surface area (Å²) in [5.41, 5.74) is 5.59. The largest absolute Gasteiger partial charge is 0.488 e. The number of carbonyl (C=O) groups excluding carboxylic acids is 1. The fourth-order valence-corrected chi connectivity index (χ4v) is 5.25. The third-order valence-corrected chi connectivity index (χ3v) is 6.53. The summed E-state index contributed by atoms with van der Waals surface area (Å²) in [6.07, 6.45) is 0. The molecule has 0 aliphatic carbocycles. The molecule has 0 spiro atoms. The van der Waals surface area contributed by atoms with Crippen molar-refractivity contribution in [1.82, 2.24) is 19.7 Å². The normalized spacial score (nSPS) is 22.1. The number of carboxylic acids is 1. The number of hydrogen-bond donors (Lipinski definition) is 3. The molecule has 12 heteroatoms. The van der Waals surface area contributed by atoms with E-state index in [1.807, 2.05) is 13.8 Å². The van der Waals surface area contributed by atoms with E-state index in [-0.39, 0.29) is 27.9 Å². The highest BCUT2D eigenvalue weighted by atomic mass is 32.2. The zero-order valence-electron chi connectivity index (χ0n) is 14.7. The molecule has 0 radical (unpaired) electrons. The Morgan fingerprint density at radius 2 is 2.11 bits per heavy atom. The minimum Gasteiger partial charge on any atom is -0.488 e. The molecule has 1 unspecified atom stereocenters. The van der Waals surface area contributed by atoms with Gasteiger partial charge in [0.05, 0.1) is 0 Å². The van der Waals surface area contributed by atoms with Gasteiger partial charge in [0.2, 0.25) is 5.91 Å². The molecular formula is C15H19N5O5S2. The van der Waals surface area contributed by atoms with Gasteiger partial charge >= 0.3 is 11.5 Å². The first-order valence-electron chi connectivity index (χ1n) is 8.17. The maximum Gasteiger partial charge on any atom is 0.352 e. The number of nitrogens with zero attached hydrogens (tertiary/aromatic N) is 4. The van der Waals surface area contributed by atoms with Crippen molar-refractivity contribution < 1.29 is 19.8 Å². The summed E-state index contributed by atoms with van der Waals surface area (Å²) in [5.74, 6) is -1.51. The van der Waals surface area contributed by atoms with Gasteiger partial charge in [0, 0.05) is 18.1 Å². The molecule has 1 amide bonds. The predicted octanol–water partition coefficient (Wildman–Crippen LogP) is -0.327. The monoisotopic (exact) mass is 413 g/mol. The van der Waals surface area contributed by atoms with Crippen LogP contribution in [0.25, 0.3) is 0 Å². The molecule has 4 N–H and O–H groups in total. The van der Waals surface area contributed by atoms with Crippen LogP contribution in [0.3, 0.4) is 0 Å². The molecule has 0 saturated carbocycles. The first-order valence-corrected chi connectivity index (χ1v) is 10.2. The second kappa shape index (κ2) is 7.52. The van der Waals surface area contributed by atoms with Gasteiger partial charge in [0.1, 0.15) is 17.1 Å². The summed E-state index contributed by atoms with van der Waals surface area (Å²) in [6, 6.07) is -0.683. The number of hydrogen-bond acceptors (Lipinski definition) is 9. The third kappa shape index (κ3) is 3.56. The van der Waals surface area contributed by atoms with Crippen LogP contribution in [0.4, 0.5) is 0 Å². The van der Waals surface area contributed by atoms with E-state index in [4.69, 9.17) is 5.73 Å². The molecule has 0 bridgehead atoms. The van der Waals surface area contributed by atoms with Gasteiger partial charge in [-0.15, -0.1) is 22.0 Å². The summed E-state index contributed by atoms with van der Waals surface area (Å²) in [7, 11) is 0. The van der Waals surface area contributed by atoms with Crippen molar-refractivity contribution in [3.05, 3.63) is 21.6 Å². The number of amides is 1. The molecule has 1 aromatic rings. The number of aromatic hydroxyl groups is 1. The summed E-state index contributed by atoms with van der Waals surface area (Å²) in [6.45, 7) is 4.17. The van der Waals surface area contributed by atoms with Gasteiger partial charge in [-0.05, 0) is 11.5 Å². The molecule has 2 aliphatic rings. The Morgan fingerprint density at radius 3 is 2.74 bits per heavy atom. The number of rotatable bonds is 6. The third-order valence-electron chi connectivity index (χ3n) is 4.11. The average Bonchev–Trinajstić information content (AvgIpc) is 2.62. The van der Waals surface area contributed by atoms with Crippen LogP contribution in [0.15, 0.2) is 21.2 Å². The van der Waals surface area contributed by atoms with Gasteiger partial charge in [-0.2, -0.15) is 0 Å². The van der Waals surface area contributed by atoms with Crippen LogP contribution in [-0.2, 0) is 16.1 Å². The quantitative estimate of drug-likeness (QED) is 0.418. The summed E-state index contributed by atoms with van der Waals surface area (Å²) >= 11 is 2.55. The Morgan fingerprint density at radius 1 is 1.41 bits per heavy atom. The van der Waals surface area contributed by atoms with Crippen LogP contribution in [0.1, 0.15) is 13.8 Å². The first kappa shape index (κ1) is 19.7. The van der Waals surface area contributed by atoms with Crippen LogP contribution in [0.2, 0.25) is 0 Å². The lowest BCUT2D eigenvalue weighted by atomic mass is 10.0. The maximum atomic E-state index is 12.2. The van der Waals surface area contributed by atoms with Gasteiger partial charge in [-0.1, -0.05) is 25.6 Å². The molecule has 2 aliphatic heterocycles. The van der Waals surface area contributed by atoms with Crippen molar-refractivity contribution >= 4 is 35.4 Å². The lowest BCUT2D eigenvalue weighted by Gasteiger charge is -2.48. The summed E-state index contributed by atoms with van der Waals surface area (Å²) in [5, 5.41) is 26.3. The van der Waals surface area contributed by atoms with E-state index in [9.17, 15) is 24.6 Å². The number of aromatic nitrogens is 3. The molecule has 3 rings (SSSR count). The second-order valence-electron chi connectivity index (χ2n) is 6.60. The SMILES string of the molecule is CC(C)Cn1c(SCC2=C(C(=O)O)N3C(=O)C(N)[C@H]3SC2)nnc(O)c1=O. The van der Waals surface area contributed by atoms with Gasteiger partial charge in [0.15, 0.2) is 5.16 Å². The van der Waals surface area contributed by atoms with Crippen LogP contribution in [0, 0.1) is 5.92 Å². The zero-order valence-corrected chi connectivity index (χ0v) is 16.3. The summed E-state index contributed by atoms with van der Waals surface area (Å²) in [4.78, 5) is 37.1. The lowest BCUT2D eigenvalue weighted by molar-refractivity contribution is -0.147.